The molecule has 0 radical (unpaired) electrons. The molecular formula is C18H15N7O2. The van der Waals surface area contributed by atoms with Crippen molar-refractivity contribution in [2.45, 2.75) is 6.92 Å². The topological polar surface area (TPSA) is 131 Å². The van der Waals surface area contributed by atoms with Crippen molar-refractivity contribution in [2.24, 2.45) is 0 Å². The largest absolute Gasteiger partial charge is 0.465 e. The number of amides is 1. The highest BCUT2D eigenvalue weighted by molar-refractivity contribution is 5.84. The average molecular weight is 361 g/mol. The van der Waals surface area contributed by atoms with Crippen LogP contribution >= 0.6 is 0 Å². The maximum Gasteiger partial charge on any atom is 0.409 e. The zero-order chi connectivity index (χ0) is 19.0. The summed E-state index contributed by atoms with van der Waals surface area (Å²) in [6.07, 6.45) is 2.05. The summed E-state index contributed by atoms with van der Waals surface area (Å²) in [6.45, 7) is 1.90. The second kappa shape index (κ2) is 6.37. The van der Waals surface area contributed by atoms with Gasteiger partial charge < -0.3 is 10.8 Å². The number of carbonyl (C=O) groups is 1. The number of hydrogen-bond donors (Lipinski definition) is 3. The Kier molecular flexibility index (Phi) is 3.88. The Hall–Kier alpha value is -4.01. The Morgan fingerprint density at radius 1 is 1.11 bits per heavy atom. The van der Waals surface area contributed by atoms with Crippen LogP contribution in [0.1, 0.15) is 5.69 Å². The molecular weight excluding hydrogens is 346 g/mol. The van der Waals surface area contributed by atoms with Gasteiger partial charge in [-0.05, 0) is 37.3 Å². The molecule has 0 aliphatic carbocycles. The SMILES string of the molecule is Cc1cccc(-c2nc3ccc(NC(=O)O)cn3c2-c2ccnc(N)n2)n1. The second-order valence-corrected chi connectivity index (χ2v) is 5.85. The van der Waals surface area contributed by atoms with E-state index in [2.05, 4.69) is 25.3 Å². The van der Waals surface area contributed by atoms with Gasteiger partial charge in [-0.1, -0.05) is 6.07 Å². The standard InChI is InChI=1S/C18H15N7O2/c1-10-3-2-4-12(21-10)15-16(13-7-8-20-17(19)23-13)25-9-11(22-18(26)27)5-6-14(25)24-15/h2-9,22H,1H3,(H,26,27)(H2,19,20,23). The fourth-order valence-corrected chi connectivity index (χ4v) is 2.85. The van der Waals surface area contributed by atoms with E-state index in [0.29, 0.717) is 34.1 Å². The van der Waals surface area contributed by atoms with Crippen molar-refractivity contribution in [3.8, 4) is 22.8 Å². The first-order valence-electron chi connectivity index (χ1n) is 8.06. The van der Waals surface area contributed by atoms with E-state index < -0.39 is 6.09 Å². The third-order valence-corrected chi connectivity index (χ3v) is 3.92. The molecule has 0 aliphatic rings. The number of fused-ring (bicyclic) bond motifs is 1. The van der Waals surface area contributed by atoms with Crippen LogP contribution in [0.3, 0.4) is 0 Å². The van der Waals surface area contributed by atoms with Crippen molar-refractivity contribution >= 4 is 23.4 Å². The van der Waals surface area contributed by atoms with Gasteiger partial charge in [0, 0.05) is 18.1 Å². The smallest absolute Gasteiger partial charge is 0.409 e. The summed E-state index contributed by atoms with van der Waals surface area (Å²) in [7, 11) is 0. The van der Waals surface area contributed by atoms with Crippen LogP contribution in [0.15, 0.2) is 48.8 Å². The van der Waals surface area contributed by atoms with Crippen LogP contribution in [-0.4, -0.2) is 35.5 Å². The Balaban J connectivity index is 2.02. The maximum atomic E-state index is 11.0. The summed E-state index contributed by atoms with van der Waals surface area (Å²) in [5, 5.41) is 11.3. The number of rotatable bonds is 3. The highest BCUT2D eigenvalue weighted by atomic mass is 16.4. The zero-order valence-corrected chi connectivity index (χ0v) is 14.3. The summed E-state index contributed by atoms with van der Waals surface area (Å²) >= 11 is 0. The number of nitrogen functional groups attached to an aromatic ring is 1. The van der Waals surface area contributed by atoms with Gasteiger partial charge in [-0.25, -0.2) is 19.7 Å². The zero-order valence-electron chi connectivity index (χ0n) is 14.3. The summed E-state index contributed by atoms with van der Waals surface area (Å²) in [6, 6.07) is 10.7. The van der Waals surface area contributed by atoms with Crippen molar-refractivity contribution < 1.29 is 9.90 Å². The summed E-state index contributed by atoms with van der Waals surface area (Å²) in [5.74, 6) is 0.130. The van der Waals surface area contributed by atoms with Crippen molar-refractivity contribution in [3.63, 3.8) is 0 Å². The number of hydrogen-bond acceptors (Lipinski definition) is 6. The van der Waals surface area contributed by atoms with E-state index in [9.17, 15) is 4.79 Å². The number of aromatic nitrogens is 5. The molecule has 27 heavy (non-hydrogen) atoms. The van der Waals surface area contributed by atoms with Crippen molar-refractivity contribution in [2.75, 3.05) is 11.1 Å². The van der Waals surface area contributed by atoms with E-state index in [4.69, 9.17) is 10.8 Å². The molecule has 0 aromatic carbocycles. The van der Waals surface area contributed by atoms with Gasteiger partial charge in [0.2, 0.25) is 5.95 Å². The number of carboxylic acid groups (broad SMARTS) is 1. The lowest BCUT2D eigenvalue weighted by molar-refractivity contribution is 0.209. The lowest BCUT2D eigenvalue weighted by atomic mass is 10.1. The Labute approximate surface area is 153 Å². The monoisotopic (exact) mass is 361 g/mol. The fourth-order valence-electron chi connectivity index (χ4n) is 2.85. The number of anilines is 2. The van der Waals surface area contributed by atoms with Gasteiger partial charge in [-0.2, -0.15) is 0 Å². The van der Waals surface area contributed by atoms with E-state index in [0.717, 1.165) is 5.69 Å². The molecule has 134 valence electrons. The predicted octanol–water partition coefficient (Wildman–Crippen LogP) is 2.83. The van der Waals surface area contributed by atoms with Crippen LogP contribution in [0.5, 0.6) is 0 Å². The molecule has 4 rings (SSSR count). The first-order chi connectivity index (χ1) is 13.0. The van der Waals surface area contributed by atoms with Crippen molar-refractivity contribution in [1.29, 1.82) is 0 Å². The minimum absolute atomic E-state index is 0.130. The maximum absolute atomic E-state index is 11.0. The summed E-state index contributed by atoms with van der Waals surface area (Å²) < 4.78 is 1.76. The lowest BCUT2D eigenvalue weighted by Crippen LogP contribution is -2.08. The summed E-state index contributed by atoms with van der Waals surface area (Å²) in [4.78, 5) is 28.5. The number of imidazole rings is 1. The van der Waals surface area contributed by atoms with Crippen LogP contribution < -0.4 is 11.1 Å². The molecule has 4 heterocycles. The molecule has 4 aromatic heterocycles. The van der Waals surface area contributed by atoms with E-state index in [1.165, 1.54) is 0 Å². The van der Waals surface area contributed by atoms with Gasteiger partial charge in [-0.15, -0.1) is 0 Å². The van der Waals surface area contributed by atoms with Crippen LogP contribution in [0.25, 0.3) is 28.4 Å². The Morgan fingerprint density at radius 2 is 1.96 bits per heavy atom. The molecule has 0 saturated carbocycles. The summed E-state index contributed by atoms with van der Waals surface area (Å²) in [5.41, 5.74) is 10.1. The minimum atomic E-state index is -1.15. The molecule has 0 bridgehead atoms. The van der Waals surface area contributed by atoms with Gasteiger partial charge >= 0.3 is 6.09 Å². The van der Waals surface area contributed by atoms with E-state index in [-0.39, 0.29) is 5.95 Å². The fraction of sp³-hybridized carbons (Fsp3) is 0.0556. The van der Waals surface area contributed by atoms with Crippen molar-refractivity contribution in [1.82, 2.24) is 24.3 Å². The highest BCUT2D eigenvalue weighted by Crippen LogP contribution is 2.31. The number of pyridine rings is 2. The Bertz CT molecular complexity index is 1170. The molecule has 0 unspecified atom stereocenters. The minimum Gasteiger partial charge on any atom is -0.465 e. The van der Waals surface area contributed by atoms with E-state index in [1.54, 1.807) is 35.0 Å². The number of nitrogens with one attached hydrogen (secondary N) is 1. The normalized spacial score (nSPS) is 10.9. The highest BCUT2D eigenvalue weighted by Gasteiger charge is 2.19. The van der Waals surface area contributed by atoms with Crippen LogP contribution in [0.2, 0.25) is 0 Å². The molecule has 1 amide bonds. The molecule has 0 aliphatic heterocycles. The van der Waals surface area contributed by atoms with Gasteiger partial charge in [0.25, 0.3) is 0 Å². The van der Waals surface area contributed by atoms with Gasteiger partial charge in [0.15, 0.2) is 0 Å². The number of nitrogens with two attached hydrogens (primary N) is 1. The third kappa shape index (κ3) is 3.13. The van der Waals surface area contributed by atoms with Crippen LogP contribution in [0, 0.1) is 6.92 Å². The van der Waals surface area contributed by atoms with E-state index >= 15 is 0 Å². The number of aryl methyl sites for hydroxylation is 1. The first kappa shape index (κ1) is 16.5. The molecule has 4 N–H and O–H groups in total. The van der Waals surface area contributed by atoms with Gasteiger partial charge in [0.05, 0.1) is 17.1 Å². The van der Waals surface area contributed by atoms with Gasteiger partial charge in [0.1, 0.15) is 17.0 Å². The Morgan fingerprint density at radius 3 is 2.70 bits per heavy atom. The molecule has 0 saturated heterocycles. The lowest BCUT2D eigenvalue weighted by Gasteiger charge is -2.07. The van der Waals surface area contributed by atoms with Gasteiger partial charge in [-0.3, -0.25) is 14.7 Å². The molecule has 0 spiro atoms. The molecule has 9 heteroatoms. The quantitative estimate of drug-likeness (QED) is 0.511. The first-order valence-corrected chi connectivity index (χ1v) is 8.06. The molecule has 4 aromatic rings. The molecule has 0 atom stereocenters. The predicted molar refractivity (Wildman–Crippen MR) is 100 cm³/mol. The van der Waals surface area contributed by atoms with Crippen LogP contribution in [0.4, 0.5) is 16.4 Å². The average Bonchev–Trinajstić information content (AvgIpc) is 3.00. The number of nitrogens with zero attached hydrogens (tertiary/aromatic N) is 5. The van der Waals surface area contributed by atoms with E-state index in [1.807, 2.05) is 25.1 Å². The third-order valence-electron chi connectivity index (χ3n) is 3.92. The van der Waals surface area contributed by atoms with Crippen molar-refractivity contribution in [3.05, 3.63) is 54.5 Å². The van der Waals surface area contributed by atoms with Crippen LogP contribution in [-0.2, 0) is 0 Å². The molecule has 9 nitrogen and oxygen atoms in total. The second-order valence-electron chi connectivity index (χ2n) is 5.85. The molecule has 0 fully saturated rings.